The van der Waals surface area contributed by atoms with Gasteiger partial charge in [-0.1, -0.05) is 76.0 Å². The first-order valence-corrected chi connectivity index (χ1v) is 12.8. The quantitative estimate of drug-likeness (QED) is 0.426. The molecule has 3 nitrogen and oxygen atoms in total. The van der Waals surface area contributed by atoms with E-state index in [9.17, 15) is 0 Å². The summed E-state index contributed by atoms with van der Waals surface area (Å²) >= 11 is 0. The third-order valence-electron chi connectivity index (χ3n) is 7.44. The fourth-order valence-electron chi connectivity index (χ4n) is 5.46. The summed E-state index contributed by atoms with van der Waals surface area (Å²) < 4.78 is 19.1. The van der Waals surface area contributed by atoms with Gasteiger partial charge in [-0.15, -0.1) is 0 Å². The van der Waals surface area contributed by atoms with Gasteiger partial charge >= 0.3 is 0 Å². The van der Waals surface area contributed by atoms with Crippen LogP contribution in [0.1, 0.15) is 113 Å². The molecule has 0 unspecified atom stereocenters. The standard InChI is InChI=1S/C27H42O3/c1-4-13-24(14-5-1)28-19-22-11-10-12-23(20-29-25-15-6-2-7-16-25)27(22)21-30-26-17-8-3-9-18-26/h10-12,24-26H,1-9,13-21H2. The lowest BCUT2D eigenvalue weighted by Gasteiger charge is -2.26. The van der Waals surface area contributed by atoms with Gasteiger partial charge in [-0.25, -0.2) is 0 Å². The summed E-state index contributed by atoms with van der Waals surface area (Å²) in [5.41, 5.74) is 3.94. The number of hydrogen-bond acceptors (Lipinski definition) is 3. The van der Waals surface area contributed by atoms with E-state index in [4.69, 9.17) is 14.2 Å². The lowest BCUT2D eigenvalue weighted by Crippen LogP contribution is -2.20. The highest BCUT2D eigenvalue weighted by molar-refractivity contribution is 5.34. The second kappa shape index (κ2) is 12.2. The fourth-order valence-corrected chi connectivity index (χ4v) is 5.46. The maximum Gasteiger partial charge on any atom is 0.0727 e. The van der Waals surface area contributed by atoms with E-state index in [1.54, 1.807) is 0 Å². The van der Waals surface area contributed by atoms with Crippen LogP contribution in [-0.2, 0) is 34.0 Å². The van der Waals surface area contributed by atoms with E-state index in [2.05, 4.69) is 18.2 Å². The van der Waals surface area contributed by atoms with Crippen molar-refractivity contribution >= 4 is 0 Å². The van der Waals surface area contributed by atoms with Crippen molar-refractivity contribution in [2.75, 3.05) is 0 Å². The van der Waals surface area contributed by atoms with Gasteiger partial charge in [0.25, 0.3) is 0 Å². The maximum atomic E-state index is 6.42. The summed E-state index contributed by atoms with van der Waals surface area (Å²) in [7, 11) is 0. The number of rotatable bonds is 9. The highest BCUT2D eigenvalue weighted by Gasteiger charge is 2.19. The highest BCUT2D eigenvalue weighted by Crippen LogP contribution is 2.27. The van der Waals surface area contributed by atoms with Gasteiger partial charge in [0.1, 0.15) is 0 Å². The van der Waals surface area contributed by atoms with Crippen molar-refractivity contribution in [3.63, 3.8) is 0 Å². The molecular formula is C27H42O3. The van der Waals surface area contributed by atoms with E-state index in [-0.39, 0.29) is 0 Å². The molecule has 4 rings (SSSR count). The first-order chi connectivity index (χ1) is 14.9. The van der Waals surface area contributed by atoms with E-state index in [0.29, 0.717) is 38.1 Å². The van der Waals surface area contributed by atoms with Crippen LogP contribution in [0.2, 0.25) is 0 Å². The molecule has 168 valence electrons. The molecule has 1 aromatic carbocycles. The Hall–Kier alpha value is -0.900. The minimum absolute atomic E-state index is 0.429. The number of hydrogen-bond donors (Lipinski definition) is 0. The Morgan fingerprint density at radius 1 is 0.500 bits per heavy atom. The second-order valence-electron chi connectivity index (χ2n) is 9.77. The van der Waals surface area contributed by atoms with E-state index in [1.807, 2.05) is 0 Å². The molecule has 0 N–H and O–H groups in total. The minimum atomic E-state index is 0.429. The molecule has 0 aromatic heterocycles. The minimum Gasteiger partial charge on any atom is -0.374 e. The van der Waals surface area contributed by atoms with Crippen molar-refractivity contribution < 1.29 is 14.2 Å². The van der Waals surface area contributed by atoms with Crippen LogP contribution in [0.5, 0.6) is 0 Å². The zero-order chi connectivity index (χ0) is 20.4. The van der Waals surface area contributed by atoms with Crippen LogP contribution in [0, 0.1) is 0 Å². The summed E-state index contributed by atoms with van der Waals surface area (Å²) in [5, 5.41) is 0. The Labute approximate surface area is 183 Å². The Bertz CT molecular complexity index is 570. The highest BCUT2D eigenvalue weighted by atomic mass is 16.5. The summed E-state index contributed by atoms with van der Waals surface area (Å²) in [6.45, 7) is 2.13. The summed E-state index contributed by atoms with van der Waals surface area (Å²) in [4.78, 5) is 0. The monoisotopic (exact) mass is 414 g/mol. The average molecular weight is 415 g/mol. The van der Waals surface area contributed by atoms with Crippen LogP contribution in [0.3, 0.4) is 0 Å². The molecule has 0 radical (unpaired) electrons. The molecule has 0 saturated heterocycles. The summed E-state index contributed by atoms with van der Waals surface area (Å²) in [5.74, 6) is 0. The van der Waals surface area contributed by atoms with Crippen LogP contribution < -0.4 is 0 Å². The molecule has 3 saturated carbocycles. The summed E-state index contributed by atoms with van der Waals surface area (Å²) in [6, 6.07) is 6.67. The van der Waals surface area contributed by atoms with Gasteiger partial charge in [-0.3, -0.25) is 0 Å². The maximum absolute atomic E-state index is 6.42. The van der Waals surface area contributed by atoms with Crippen LogP contribution in [0.15, 0.2) is 18.2 Å². The van der Waals surface area contributed by atoms with Crippen LogP contribution in [0.25, 0.3) is 0 Å². The van der Waals surface area contributed by atoms with E-state index in [0.717, 1.165) is 0 Å². The topological polar surface area (TPSA) is 27.7 Å². The first kappa shape index (κ1) is 22.3. The zero-order valence-corrected chi connectivity index (χ0v) is 18.9. The Morgan fingerprint density at radius 3 is 1.27 bits per heavy atom. The predicted octanol–water partition coefficient (Wildman–Crippen LogP) is 7.23. The van der Waals surface area contributed by atoms with E-state index >= 15 is 0 Å². The van der Waals surface area contributed by atoms with E-state index < -0.39 is 0 Å². The molecule has 3 heteroatoms. The molecule has 0 spiro atoms. The molecule has 30 heavy (non-hydrogen) atoms. The van der Waals surface area contributed by atoms with E-state index in [1.165, 1.54) is 113 Å². The molecule has 0 bridgehead atoms. The molecule has 3 aliphatic rings. The normalized spacial score (nSPS) is 22.4. The Balaban J connectivity index is 1.40. The van der Waals surface area contributed by atoms with Gasteiger partial charge < -0.3 is 14.2 Å². The van der Waals surface area contributed by atoms with Crippen molar-refractivity contribution in [1.82, 2.24) is 0 Å². The van der Waals surface area contributed by atoms with Crippen LogP contribution in [-0.4, -0.2) is 18.3 Å². The molecule has 3 fully saturated rings. The predicted molar refractivity (Wildman–Crippen MR) is 121 cm³/mol. The molecule has 0 atom stereocenters. The third-order valence-corrected chi connectivity index (χ3v) is 7.44. The first-order valence-electron chi connectivity index (χ1n) is 12.8. The smallest absolute Gasteiger partial charge is 0.0727 e. The van der Waals surface area contributed by atoms with Crippen molar-refractivity contribution in [1.29, 1.82) is 0 Å². The van der Waals surface area contributed by atoms with Gasteiger partial charge in [-0.05, 0) is 55.2 Å². The zero-order valence-electron chi connectivity index (χ0n) is 18.9. The molecule has 1 aromatic rings. The van der Waals surface area contributed by atoms with Crippen molar-refractivity contribution in [2.24, 2.45) is 0 Å². The Morgan fingerprint density at radius 2 is 0.867 bits per heavy atom. The molecular weight excluding hydrogens is 372 g/mol. The number of benzene rings is 1. The number of ether oxygens (including phenoxy) is 3. The third kappa shape index (κ3) is 6.80. The largest absolute Gasteiger partial charge is 0.374 e. The second-order valence-corrected chi connectivity index (χ2v) is 9.77. The van der Waals surface area contributed by atoms with Crippen molar-refractivity contribution in [3.05, 3.63) is 34.9 Å². The molecule has 0 heterocycles. The van der Waals surface area contributed by atoms with Crippen LogP contribution in [0.4, 0.5) is 0 Å². The van der Waals surface area contributed by atoms with Gasteiger partial charge in [-0.2, -0.15) is 0 Å². The lowest BCUT2D eigenvalue weighted by molar-refractivity contribution is 0.00205. The van der Waals surface area contributed by atoms with Gasteiger partial charge in [0.05, 0.1) is 38.1 Å². The van der Waals surface area contributed by atoms with Crippen molar-refractivity contribution in [3.8, 4) is 0 Å². The van der Waals surface area contributed by atoms with Gasteiger partial charge in [0.2, 0.25) is 0 Å². The molecule has 0 amide bonds. The van der Waals surface area contributed by atoms with Crippen molar-refractivity contribution in [2.45, 2.75) is 134 Å². The Kier molecular flexibility index (Phi) is 9.08. The summed E-state index contributed by atoms with van der Waals surface area (Å²) in [6.07, 6.45) is 20.6. The average Bonchev–Trinajstić information content (AvgIpc) is 2.82. The van der Waals surface area contributed by atoms with Gasteiger partial charge in [0, 0.05) is 0 Å². The molecule has 0 aliphatic heterocycles. The van der Waals surface area contributed by atoms with Crippen LogP contribution >= 0.6 is 0 Å². The van der Waals surface area contributed by atoms with Gasteiger partial charge in [0.15, 0.2) is 0 Å². The molecule has 3 aliphatic carbocycles. The SMILES string of the molecule is c1cc(COC2CCCCC2)c(COC2CCCCC2)c(COC2CCCCC2)c1. The fraction of sp³-hybridized carbons (Fsp3) is 0.778. The lowest BCUT2D eigenvalue weighted by atomic mass is 9.96.